The average molecular weight is 539 g/mol. The molecule has 182 valence electrons. The van der Waals surface area contributed by atoms with E-state index in [1.54, 1.807) is 44.2 Å². The van der Waals surface area contributed by atoms with Crippen molar-refractivity contribution in [2.24, 2.45) is 0 Å². The summed E-state index contributed by atoms with van der Waals surface area (Å²) in [4.78, 5) is 25.9. The summed E-state index contributed by atoms with van der Waals surface area (Å²) in [7, 11) is 0. The molecule has 0 radical (unpaired) electrons. The number of nitrogens with zero attached hydrogens (tertiary/aromatic N) is 2. The fourth-order valence-corrected chi connectivity index (χ4v) is 4.90. The first-order valence-corrected chi connectivity index (χ1v) is 12.4. The van der Waals surface area contributed by atoms with Gasteiger partial charge in [-0.05, 0) is 61.4 Å². The molecule has 0 N–H and O–H groups in total. The summed E-state index contributed by atoms with van der Waals surface area (Å²) in [5.74, 6) is -0.632. The molecule has 0 fully saturated rings. The molecular formula is C27H20Cl2N2O4S. The van der Waals surface area contributed by atoms with E-state index in [9.17, 15) is 20.1 Å². The van der Waals surface area contributed by atoms with Crippen LogP contribution in [0.1, 0.15) is 43.7 Å². The molecule has 2 aromatic carbocycles. The van der Waals surface area contributed by atoms with Gasteiger partial charge in [-0.1, -0.05) is 35.3 Å². The Kier molecular flexibility index (Phi) is 9.27. The van der Waals surface area contributed by atoms with Gasteiger partial charge < -0.3 is 9.47 Å². The van der Waals surface area contributed by atoms with E-state index < -0.39 is 11.8 Å². The lowest BCUT2D eigenvalue weighted by atomic mass is 10.0. The summed E-state index contributed by atoms with van der Waals surface area (Å²) < 4.78 is 10.9. The Morgan fingerprint density at radius 2 is 1.86 bits per heavy atom. The van der Waals surface area contributed by atoms with Gasteiger partial charge in [0.1, 0.15) is 29.4 Å². The van der Waals surface area contributed by atoms with Crippen molar-refractivity contribution in [3.63, 3.8) is 0 Å². The van der Waals surface area contributed by atoms with E-state index in [2.05, 4.69) is 0 Å². The highest BCUT2D eigenvalue weighted by atomic mass is 35.5. The van der Waals surface area contributed by atoms with E-state index in [0.29, 0.717) is 31.8 Å². The highest BCUT2D eigenvalue weighted by Gasteiger charge is 2.23. The molecule has 3 aromatic rings. The molecule has 9 heteroatoms. The Morgan fingerprint density at radius 3 is 2.53 bits per heavy atom. The van der Waals surface area contributed by atoms with Crippen LogP contribution in [0.25, 0.3) is 6.08 Å². The molecule has 0 aliphatic rings. The van der Waals surface area contributed by atoms with Crippen molar-refractivity contribution >= 4 is 52.4 Å². The number of Topliss-reactive ketones (excluding diaryl/α,β-unsaturated/α-hetero) is 1. The summed E-state index contributed by atoms with van der Waals surface area (Å²) in [6.07, 6.45) is 1.19. The number of hydrogen-bond donors (Lipinski definition) is 0. The molecule has 36 heavy (non-hydrogen) atoms. The second-order valence-electron chi connectivity index (χ2n) is 7.56. The summed E-state index contributed by atoms with van der Waals surface area (Å²) in [5.41, 5.74) is 1.85. The number of nitriles is 2. The molecule has 0 spiro atoms. The molecule has 1 aromatic heterocycles. The number of rotatable bonds is 9. The van der Waals surface area contributed by atoms with Crippen LogP contribution in [0, 0.1) is 29.6 Å². The van der Waals surface area contributed by atoms with E-state index >= 15 is 0 Å². The Balaban J connectivity index is 1.88. The van der Waals surface area contributed by atoms with Gasteiger partial charge in [-0.25, -0.2) is 4.79 Å². The van der Waals surface area contributed by atoms with Crippen LogP contribution in [0.5, 0.6) is 5.75 Å². The predicted octanol–water partition coefficient (Wildman–Crippen LogP) is 6.71. The fraction of sp³-hybridized carbons (Fsp3) is 0.185. The molecule has 6 nitrogen and oxygen atoms in total. The third kappa shape index (κ3) is 6.53. The van der Waals surface area contributed by atoms with Crippen LogP contribution in [-0.2, 0) is 22.6 Å². The van der Waals surface area contributed by atoms with E-state index in [-0.39, 0.29) is 35.6 Å². The minimum absolute atomic E-state index is 0.141. The first-order chi connectivity index (χ1) is 17.3. The Hall–Kier alpha value is -3.62. The van der Waals surface area contributed by atoms with Gasteiger partial charge >= 0.3 is 5.97 Å². The average Bonchev–Trinajstić information content (AvgIpc) is 3.16. The highest BCUT2D eigenvalue weighted by molar-refractivity contribution is 7.14. The number of allylic oxidation sites excluding steroid dienone is 1. The van der Waals surface area contributed by atoms with Gasteiger partial charge in [0.25, 0.3) is 0 Å². The molecule has 0 aliphatic carbocycles. The summed E-state index contributed by atoms with van der Waals surface area (Å²) in [6, 6.07) is 16.1. The van der Waals surface area contributed by atoms with Crippen LogP contribution < -0.4 is 4.74 Å². The van der Waals surface area contributed by atoms with E-state index in [0.717, 1.165) is 16.9 Å². The van der Waals surface area contributed by atoms with E-state index in [1.807, 2.05) is 24.3 Å². The van der Waals surface area contributed by atoms with Crippen LogP contribution >= 0.6 is 34.5 Å². The zero-order chi connectivity index (χ0) is 26.2. The smallest absolute Gasteiger partial charge is 0.348 e. The highest BCUT2D eigenvalue weighted by Crippen LogP contribution is 2.31. The second-order valence-corrected chi connectivity index (χ2v) is 9.54. The first-order valence-electron chi connectivity index (χ1n) is 10.8. The molecule has 0 amide bonds. The molecule has 0 bridgehead atoms. The maximum absolute atomic E-state index is 13.0. The minimum atomic E-state index is -0.549. The molecule has 0 atom stereocenters. The molecular weight excluding hydrogens is 519 g/mol. The Bertz CT molecular complexity index is 1430. The monoisotopic (exact) mass is 538 g/mol. The van der Waals surface area contributed by atoms with Crippen LogP contribution in [-0.4, -0.2) is 18.4 Å². The maximum Gasteiger partial charge on any atom is 0.348 e. The van der Waals surface area contributed by atoms with Crippen molar-refractivity contribution in [3.05, 3.63) is 90.1 Å². The van der Waals surface area contributed by atoms with Gasteiger partial charge in [0.2, 0.25) is 0 Å². The maximum atomic E-state index is 13.0. The van der Waals surface area contributed by atoms with Crippen molar-refractivity contribution in [3.8, 4) is 17.9 Å². The number of halogens is 2. The topological polar surface area (TPSA) is 100 Å². The third-order valence-corrected chi connectivity index (χ3v) is 6.83. The largest absolute Gasteiger partial charge is 0.488 e. The number of esters is 1. The van der Waals surface area contributed by atoms with Crippen molar-refractivity contribution in [1.82, 2.24) is 0 Å². The number of ketones is 1. The zero-order valence-electron chi connectivity index (χ0n) is 19.4. The number of benzene rings is 2. The van der Waals surface area contributed by atoms with Crippen LogP contribution in [0.3, 0.4) is 0 Å². The number of thiophene rings is 1. The van der Waals surface area contributed by atoms with Gasteiger partial charge in [-0.2, -0.15) is 10.5 Å². The van der Waals surface area contributed by atoms with E-state index in [4.69, 9.17) is 32.7 Å². The minimum Gasteiger partial charge on any atom is -0.488 e. The van der Waals surface area contributed by atoms with Gasteiger partial charge in [0.05, 0.1) is 17.7 Å². The summed E-state index contributed by atoms with van der Waals surface area (Å²) >= 11 is 13.2. The normalized spacial score (nSPS) is 10.9. The fourth-order valence-electron chi connectivity index (χ4n) is 3.36. The van der Waals surface area contributed by atoms with Crippen LogP contribution in [0.15, 0.2) is 48.0 Å². The van der Waals surface area contributed by atoms with Gasteiger partial charge in [-0.3, -0.25) is 4.79 Å². The lowest BCUT2D eigenvalue weighted by molar-refractivity contribution is -0.114. The number of carbonyl (C=O) groups excluding carboxylic acids is 2. The molecule has 0 aliphatic heterocycles. The van der Waals surface area contributed by atoms with Crippen molar-refractivity contribution in [2.45, 2.75) is 26.9 Å². The molecule has 1 heterocycles. The second kappa shape index (κ2) is 12.4. The number of carbonyl (C=O) groups is 2. The van der Waals surface area contributed by atoms with Gasteiger partial charge in [0.15, 0.2) is 5.78 Å². The SMILES string of the molecule is CCOC(=O)c1sc(CC(=O)/C(C#N)=C/c2cc(Cl)ccc2OCc2cccc(Cl)c2)c(C#N)c1C. The lowest BCUT2D eigenvalue weighted by Gasteiger charge is -2.11. The number of hydrogen-bond acceptors (Lipinski definition) is 7. The van der Waals surface area contributed by atoms with Gasteiger partial charge in [0, 0.05) is 26.9 Å². The lowest BCUT2D eigenvalue weighted by Crippen LogP contribution is -2.05. The van der Waals surface area contributed by atoms with Crippen molar-refractivity contribution < 1.29 is 19.1 Å². The van der Waals surface area contributed by atoms with Crippen molar-refractivity contribution in [2.75, 3.05) is 6.61 Å². The summed E-state index contributed by atoms with van der Waals surface area (Å²) in [5, 5.41) is 20.3. The number of ether oxygens (including phenoxy) is 2. The molecule has 0 unspecified atom stereocenters. The summed E-state index contributed by atoms with van der Waals surface area (Å²) in [6.45, 7) is 3.72. The van der Waals surface area contributed by atoms with E-state index in [1.165, 1.54) is 6.08 Å². The quantitative estimate of drug-likeness (QED) is 0.170. The molecule has 0 saturated heterocycles. The van der Waals surface area contributed by atoms with Gasteiger partial charge in [-0.15, -0.1) is 11.3 Å². The standard InChI is InChI=1S/C27H20Cl2N2O4S/c1-3-34-27(33)26-16(2)22(14-31)25(36-26)12-23(32)19(13-30)10-18-11-21(29)7-8-24(18)35-15-17-5-4-6-20(28)9-17/h4-11H,3,12,15H2,1-2H3/b19-10+. The Morgan fingerprint density at radius 1 is 1.11 bits per heavy atom. The predicted molar refractivity (Wildman–Crippen MR) is 139 cm³/mol. The first kappa shape index (κ1) is 27.0. The van der Waals surface area contributed by atoms with Crippen LogP contribution in [0.2, 0.25) is 10.0 Å². The van der Waals surface area contributed by atoms with Crippen LogP contribution in [0.4, 0.5) is 0 Å². The zero-order valence-corrected chi connectivity index (χ0v) is 21.8. The molecule has 3 rings (SSSR count). The third-order valence-electron chi connectivity index (χ3n) is 5.09. The molecule has 0 saturated carbocycles. The van der Waals surface area contributed by atoms with Crippen molar-refractivity contribution in [1.29, 1.82) is 10.5 Å². The Labute approximate surface area is 222 Å².